The van der Waals surface area contributed by atoms with Gasteiger partial charge >= 0.3 is 11.9 Å². The zero-order chi connectivity index (χ0) is 30.7. The van der Waals surface area contributed by atoms with Gasteiger partial charge in [-0.1, -0.05) is 91.0 Å². The van der Waals surface area contributed by atoms with Crippen molar-refractivity contribution in [1.29, 1.82) is 0 Å². The fourth-order valence-corrected chi connectivity index (χ4v) is 5.46. The SMILES string of the molecule is CCOC(=O)C1(NC(=O)[C@H](Cc2ccccc2)NC(=O)[C@@H](N)Cc2ccccc2)CCCC1C(=O)OCc1ccccc1. The Kier molecular flexibility index (Phi) is 11.0. The fourth-order valence-electron chi connectivity index (χ4n) is 5.46. The van der Waals surface area contributed by atoms with Gasteiger partial charge in [-0.15, -0.1) is 0 Å². The molecule has 1 aliphatic carbocycles. The molecule has 2 amide bonds. The zero-order valence-corrected chi connectivity index (χ0v) is 24.4. The van der Waals surface area contributed by atoms with Crippen LogP contribution < -0.4 is 16.4 Å². The predicted octanol–water partition coefficient (Wildman–Crippen LogP) is 3.25. The fraction of sp³-hybridized carbons (Fsp3) is 0.353. The highest BCUT2D eigenvalue weighted by Crippen LogP contribution is 2.38. The van der Waals surface area contributed by atoms with Gasteiger partial charge in [-0.2, -0.15) is 0 Å². The first-order chi connectivity index (χ1) is 20.8. The lowest BCUT2D eigenvalue weighted by Gasteiger charge is -2.34. The standard InChI is InChI=1S/C34H39N3O6/c1-2-42-33(41)34(20-12-19-27(34)32(40)43-23-26-17-10-5-11-18-26)37-31(39)29(22-25-15-8-4-9-16-25)36-30(38)28(35)21-24-13-6-3-7-14-24/h3-11,13-18,27-29H,2,12,19-23,35H2,1H3,(H,36,38)(H,37,39)/t27?,28-,29-,34?/m0/s1. The summed E-state index contributed by atoms with van der Waals surface area (Å²) in [6.07, 6.45) is 1.47. The molecule has 4 rings (SSSR count). The number of amides is 2. The summed E-state index contributed by atoms with van der Waals surface area (Å²) in [6, 6.07) is 25.8. The molecule has 4 atom stereocenters. The largest absolute Gasteiger partial charge is 0.464 e. The van der Waals surface area contributed by atoms with Crippen LogP contribution in [0.1, 0.15) is 42.9 Å². The Hall–Kier alpha value is -4.50. The molecule has 4 N–H and O–H groups in total. The van der Waals surface area contributed by atoms with E-state index >= 15 is 0 Å². The first kappa shape index (κ1) is 31.4. The number of nitrogens with one attached hydrogen (secondary N) is 2. The molecule has 0 spiro atoms. The van der Waals surface area contributed by atoms with Crippen molar-refractivity contribution in [3.8, 4) is 0 Å². The molecule has 0 bridgehead atoms. The number of carbonyl (C=O) groups is 4. The van der Waals surface area contributed by atoms with Crippen molar-refractivity contribution >= 4 is 23.8 Å². The number of rotatable bonds is 13. The normalized spacial score (nSPS) is 19.1. The molecule has 3 aromatic rings. The molecule has 2 unspecified atom stereocenters. The summed E-state index contributed by atoms with van der Waals surface area (Å²) in [4.78, 5) is 54.0. The van der Waals surface area contributed by atoms with Crippen molar-refractivity contribution in [2.75, 3.05) is 6.61 Å². The van der Waals surface area contributed by atoms with Crippen LogP contribution in [0.2, 0.25) is 0 Å². The smallest absolute Gasteiger partial charge is 0.332 e. The third-order valence-electron chi connectivity index (χ3n) is 7.70. The maximum Gasteiger partial charge on any atom is 0.332 e. The number of benzene rings is 3. The van der Waals surface area contributed by atoms with Gasteiger partial charge in [0.25, 0.3) is 0 Å². The molecule has 9 heteroatoms. The molecule has 0 aromatic heterocycles. The van der Waals surface area contributed by atoms with Crippen LogP contribution in [0.3, 0.4) is 0 Å². The number of esters is 2. The van der Waals surface area contributed by atoms with Crippen LogP contribution >= 0.6 is 0 Å². The summed E-state index contributed by atoms with van der Waals surface area (Å²) < 4.78 is 11.0. The number of nitrogens with two attached hydrogens (primary N) is 1. The second-order valence-corrected chi connectivity index (χ2v) is 10.8. The number of hydrogen-bond acceptors (Lipinski definition) is 7. The van der Waals surface area contributed by atoms with E-state index in [4.69, 9.17) is 15.2 Å². The molecule has 0 aliphatic heterocycles. The van der Waals surface area contributed by atoms with Crippen LogP contribution in [0.5, 0.6) is 0 Å². The third-order valence-corrected chi connectivity index (χ3v) is 7.70. The summed E-state index contributed by atoms with van der Waals surface area (Å²) in [5, 5.41) is 5.64. The molecular formula is C34H39N3O6. The molecular weight excluding hydrogens is 546 g/mol. The average Bonchev–Trinajstić information content (AvgIpc) is 3.46. The molecule has 1 fully saturated rings. The van der Waals surface area contributed by atoms with Gasteiger partial charge in [0, 0.05) is 6.42 Å². The Bertz CT molecular complexity index is 1370. The zero-order valence-electron chi connectivity index (χ0n) is 24.4. The molecule has 0 radical (unpaired) electrons. The molecule has 9 nitrogen and oxygen atoms in total. The Morgan fingerprint density at radius 2 is 1.37 bits per heavy atom. The van der Waals surface area contributed by atoms with Crippen LogP contribution in [0, 0.1) is 5.92 Å². The van der Waals surface area contributed by atoms with E-state index in [1.807, 2.05) is 91.0 Å². The maximum atomic E-state index is 14.0. The minimum Gasteiger partial charge on any atom is -0.464 e. The number of carbonyl (C=O) groups excluding carboxylic acids is 4. The van der Waals surface area contributed by atoms with Gasteiger partial charge in [0.15, 0.2) is 5.54 Å². The monoisotopic (exact) mass is 585 g/mol. The lowest BCUT2D eigenvalue weighted by molar-refractivity contribution is -0.164. The first-order valence-electron chi connectivity index (χ1n) is 14.7. The lowest BCUT2D eigenvalue weighted by atomic mass is 9.86. The topological polar surface area (TPSA) is 137 Å². The van der Waals surface area contributed by atoms with Crippen LogP contribution in [0.4, 0.5) is 0 Å². The van der Waals surface area contributed by atoms with Crippen molar-refractivity contribution in [2.24, 2.45) is 11.7 Å². The van der Waals surface area contributed by atoms with E-state index in [-0.39, 0.29) is 32.5 Å². The van der Waals surface area contributed by atoms with E-state index in [2.05, 4.69) is 10.6 Å². The molecule has 43 heavy (non-hydrogen) atoms. The van der Waals surface area contributed by atoms with Crippen molar-refractivity contribution in [3.63, 3.8) is 0 Å². The van der Waals surface area contributed by atoms with Crippen LogP contribution in [0.15, 0.2) is 91.0 Å². The Morgan fingerprint density at radius 1 is 0.814 bits per heavy atom. The molecule has 226 valence electrons. The predicted molar refractivity (Wildman–Crippen MR) is 161 cm³/mol. The van der Waals surface area contributed by atoms with Crippen molar-refractivity contribution in [1.82, 2.24) is 10.6 Å². The lowest BCUT2D eigenvalue weighted by Crippen LogP contribution is -2.64. The Balaban J connectivity index is 1.55. The van der Waals surface area contributed by atoms with Crippen LogP contribution in [-0.4, -0.2) is 48.0 Å². The Morgan fingerprint density at radius 3 is 1.95 bits per heavy atom. The van der Waals surface area contributed by atoms with E-state index in [0.717, 1.165) is 16.7 Å². The number of hydrogen-bond donors (Lipinski definition) is 3. The van der Waals surface area contributed by atoms with Gasteiger partial charge in [-0.3, -0.25) is 14.4 Å². The summed E-state index contributed by atoms with van der Waals surface area (Å²) in [7, 11) is 0. The average molecular weight is 586 g/mol. The molecule has 0 heterocycles. The van der Waals surface area contributed by atoms with Crippen LogP contribution in [-0.2, 0) is 48.1 Å². The van der Waals surface area contributed by atoms with E-state index in [0.29, 0.717) is 12.8 Å². The van der Waals surface area contributed by atoms with Crippen molar-refractivity contribution in [2.45, 2.75) is 63.3 Å². The van der Waals surface area contributed by atoms with Crippen LogP contribution in [0.25, 0.3) is 0 Å². The van der Waals surface area contributed by atoms with E-state index < -0.39 is 47.3 Å². The van der Waals surface area contributed by atoms with Gasteiger partial charge in [-0.05, 0) is 49.3 Å². The molecule has 3 aromatic carbocycles. The third kappa shape index (κ3) is 8.29. The van der Waals surface area contributed by atoms with Crippen molar-refractivity contribution in [3.05, 3.63) is 108 Å². The molecule has 0 saturated heterocycles. The quantitative estimate of drug-likeness (QED) is 0.262. The first-order valence-corrected chi connectivity index (χ1v) is 14.7. The second kappa shape index (κ2) is 15.1. The summed E-state index contributed by atoms with van der Waals surface area (Å²) in [5.41, 5.74) is 7.09. The highest BCUT2D eigenvalue weighted by molar-refractivity contribution is 5.96. The van der Waals surface area contributed by atoms with Gasteiger partial charge in [0.05, 0.1) is 18.6 Å². The van der Waals surface area contributed by atoms with Gasteiger partial charge in [-0.25, -0.2) is 4.79 Å². The molecule has 1 aliphatic rings. The minimum absolute atomic E-state index is 0.0367. The van der Waals surface area contributed by atoms with E-state index in [9.17, 15) is 19.2 Å². The number of ether oxygens (including phenoxy) is 2. The second-order valence-electron chi connectivity index (χ2n) is 10.8. The molecule has 1 saturated carbocycles. The van der Waals surface area contributed by atoms with Crippen molar-refractivity contribution < 1.29 is 28.7 Å². The summed E-state index contributed by atoms with van der Waals surface area (Å²) in [6.45, 7) is 1.77. The minimum atomic E-state index is -1.63. The van der Waals surface area contributed by atoms with E-state index in [1.165, 1.54) is 0 Å². The van der Waals surface area contributed by atoms with Gasteiger partial charge in [0.1, 0.15) is 12.6 Å². The summed E-state index contributed by atoms with van der Waals surface area (Å²) >= 11 is 0. The highest BCUT2D eigenvalue weighted by Gasteiger charge is 2.56. The van der Waals surface area contributed by atoms with E-state index in [1.54, 1.807) is 6.92 Å². The van der Waals surface area contributed by atoms with Gasteiger partial charge < -0.3 is 25.8 Å². The Labute approximate surface area is 252 Å². The highest BCUT2D eigenvalue weighted by atomic mass is 16.5. The van der Waals surface area contributed by atoms with Gasteiger partial charge in [0.2, 0.25) is 11.8 Å². The summed E-state index contributed by atoms with van der Waals surface area (Å²) in [5.74, 6) is -3.36. The maximum absolute atomic E-state index is 14.0.